The molecule has 0 fully saturated rings. The Morgan fingerprint density at radius 1 is 1.31 bits per heavy atom. The van der Waals surface area contributed by atoms with Crippen LogP contribution < -0.4 is 5.73 Å². The number of benzene rings is 1. The number of phenolic OH excluding ortho intramolecular Hbond substituents is 1. The summed E-state index contributed by atoms with van der Waals surface area (Å²) in [6, 6.07) is 2.94. The van der Waals surface area contributed by atoms with Gasteiger partial charge in [-0.2, -0.15) is 0 Å². The van der Waals surface area contributed by atoms with E-state index in [1.807, 2.05) is 0 Å². The van der Waals surface area contributed by atoms with Gasteiger partial charge in [0, 0.05) is 0 Å². The SMILES string of the molecule is NC(CO)c1cc(Br)c(O)c(Br)c1. The molecule has 0 aliphatic heterocycles. The van der Waals surface area contributed by atoms with E-state index in [1.165, 1.54) is 0 Å². The molecule has 1 unspecified atom stereocenters. The summed E-state index contributed by atoms with van der Waals surface area (Å²) >= 11 is 6.35. The van der Waals surface area contributed by atoms with Gasteiger partial charge in [0.15, 0.2) is 0 Å². The predicted molar refractivity (Wildman–Crippen MR) is 57.5 cm³/mol. The van der Waals surface area contributed by atoms with Crippen LogP contribution in [-0.2, 0) is 0 Å². The minimum absolute atomic E-state index is 0.121. The first kappa shape index (κ1) is 11.0. The van der Waals surface area contributed by atoms with E-state index in [1.54, 1.807) is 12.1 Å². The summed E-state index contributed by atoms with van der Waals surface area (Å²) in [5, 5.41) is 18.2. The molecule has 0 spiro atoms. The standard InChI is InChI=1S/C8H9Br2NO2/c9-5-1-4(7(11)3-12)2-6(10)8(5)13/h1-2,7,12-13H,3,11H2. The molecule has 0 aliphatic rings. The van der Waals surface area contributed by atoms with Gasteiger partial charge < -0.3 is 15.9 Å². The van der Waals surface area contributed by atoms with Gasteiger partial charge in [0.2, 0.25) is 0 Å². The average molecular weight is 311 g/mol. The van der Waals surface area contributed by atoms with Gasteiger partial charge in [-0.25, -0.2) is 0 Å². The average Bonchev–Trinajstić information content (AvgIpc) is 2.12. The topological polar surface area (TPSA) is 66.5 Å². The Morgan fingerprint density at radius 2 is 1.77 bits per heavy atom. The molecule has 5 heteroatoms. The normalized spacial score (nSPS) is 12.9. The second kappa shape index (κ2) is 4.41. The van der Waals surface area contributed by atoms with Crippen molar-refractivity contribution < 1.29 is 10.2 Å². The fourth-order valence-corrected chi connectivity index (χ4v) is 2.13. The number of hydrogen-bond acceptors (Lipinski definition) is 3. The Hall–Kier alpha value is -0.100. The van der Waals surface area contributed by atoms with Gasteiger partial charge in [0.1, 0.15) is 5.75 Å². The maximum atomic E-state index is 9.39. The molecular weight excluding hydrogens is 302 g/mol. The van der Waals surface area contributed by atoms with E-state index in [0.717, 1.165) is 5.56 Å². The van der Waals surface area contributed by atoms with E-state index in [2.05, 4.69) is 31.9 Å². The fourth-order valence-electron chi connectivity index (χ4n) is 0.905. The first-order valence-electron chi connectivity index (χ1n) is 3.60. The van der Waals surface area contributed by atoms with Crippen molar-refractivity contribution in [1.29, 1.82) is 0 Å². The first-order chi connectivity index (χ1) is 6.06. The molecule has 0 aromatic heterocycles. The molecule has 1 atom stereocenters. The molecule has 1 rings (SSSR count). The minimum atomic E-state index is -0.423. The summed E-state index contributed by atoms with van der Waals surface area (Å²) < 4.78 is 1.11. The van der Waals surface area contributed by atoms with E-state index in [0.29, 0.717) is 8.95 Å². The number of aromatic hydroxyl groups is 1. The van der Waals surface area contributed by atoms with Crippen molar-refractivity contribution in [3.8, 4) is 5.75 Å². The molecule has 4 N–H and O–H groups in total. The summed E-state index contributed by atoms with van der Waals surface area (Å²) in [6.45, 7) is -0.121. The third-order valence-corrected chi connectivity index (χ3v) is 2.87. The zero-order valence-corrected chi connectivity index (χ0v) is 9.84. The van der Waals surface area contributed by atoms with Crippen LogP contribution in [0.4, 0.5) is 0 Å². The van der Waals surface area contributed by atoms with Gasteiger partial charge in [0.05, 0.1) is 21.6 Å². The molecule has 0 amide bonds. The fraction of sp³-hybridized carbons (Fsp3) is 0.250. The first-order valence-corrected chi connectivity index (χ1v) is 5.19. The number of halogens is 2. The highest BCUT2D eigenvalue weighted by molar-refractivity contribution is 9.11. The molecular formula is C8H9Br2NO2. The molecule has 0 saturated heterocycles. The summed E-state index contributed by atoms with van der Waals surface area (Å²) in [6.07, 6.45) is 0. The van der Waals surface area contributed by atoms with Gasteiger partial charge in [-0.1, -0.05) is 0 Å². The van der Waals surface area contributed by atoms with Crippen molar-refractivity contribution in [1.82, 2.24) is 0 Å². The van der Waals surface area contributed by atoms with Crippen molar-refractivity contribution in [3.63, 3.8) is 0 Å². The van der Waals surface area contributed by atoms with Crippen LogP contribution in [0.15, 0.2) is 21.1 Å². The van der Waals surface area contributed by atoms with E-state index in [4.69, 9.17) is 10.8 Å². The lowest BCUT2D eigenvalue weighted by molar-refractivity contribution is 0.268. The molecule has 0 aliphatic carbocycles. The lowest BCUT2D eigenvalue weighted by Crippen LogP contribution is -2.14. The molecule has 0 radical (unpaired) electrons. The molecule has 72 valence electrons. The van der Waals surface area contributed by atoms with Crippen molar-refractivity contribution in [2.24, 2.45) is 5.73 Å². The number of phenols is 1. The van der Waals surface area contributed by atoms with Crippen molar-refractivity contribution >= 4 is 31.9 Å². The van der Waals surface area contributed by atoms with Crippen LogP contribution in [0.25, 0.3) is 0 Å². The van der Waals surface area contributed by atoms with Crippen molar-refractivity contribution in [2.45, 2.75) is 6.04 Å². The largest absolute Gasteiger partial charge is 0.506 e. The second-order valence-corrected chi connectivity index (χ2v) is 4.33. The monoisotopic (exact) mass is 309 g/mol. The van der Waals surface area contributed by atoms with Crippen molar-refractivity contribution in [2.75, 3.05) is 6.61 Å². The van der Waals surface area contributed by atoms with Crippen LogP contribution in [0.2, 0.25) is 0 Å². The van der Waals surface area contributed by atoms with Gasteiger partial charge >= 0.3 is 0 Å². The van der Waals surface area contributed by atoms with E-state index in [9.17, 15) is 5.11 Å². The highest BCUT2D eigenvalue weighted by Gasteiger charge is 2.10. The number of nitrogens with two attached hydrogens (primary N) is 1. The van der Waals surface area contributed by atoms with Crippen molar-refractivity contribution in [3.05, 3.63) is 26.6 Å². The van der Waals surface area contributed by atoms with Gasteiger partial charge in [0.25, 0.3) is 0 Å². The van der Waals surface area contributed by atoms with Crippen LogP contribution in [-0.4, -0.2) is 16.8 Å². The zero-order chi connectivity index (χ0) is 10.0. The Balaban J connectivity index is 3.13. The Bertz CT molecular complexity index is 294. The molecule has 0 saturated carbocycles. The van der Waals surface area contributed by atoms with E-state index in [-0.39, 0.29) is 12.4 Å². The van der Waals surface area contributed by atoms with E-state index >= 15 is 0 Å². The molecule has 1 aromatic carbocycles. The van der Waals surface area contributed by atoms with Gasteiger partial charge in [-0.3, -0.25) is 0 Å². The summed E-state index contributed by atoms with van der Waals surface area (Å²) in [5.41, 5.74) is 6.37. The Labute approximate surface area is 92.8 Å². The highest BCUT2D eigenvalue weighted by atomic mass is 79.9. The predicted octanol–water partition coefficient (Wildman–Crippen LogP) is 1.91. The Kier molecular flexibility index (Phi) is 3.73. The van der Waals surface area contributed by atoms with Gasteiger partial charge in [-0.15, -0.1) is 0 Å². The lowest BCUT2D eigenvalue weighted by atomic mass is 10.1. The second-order valence-electron chi connectivity index (χ2n) is 2.62. The maximum absolute atomic E-state index is 9.39. The highest BCUT2D eigenvalue weighted by Crippen LogP contribution is 2.34. The Morgan fingerprint density at radius 3 is 2.15 bits per heavy atom. The summed E-state index contributed by atoms with van der Waals surface area (Å²) in [7, 11) is 0. The molecule has 0 bridgehead atoms. The lowest BCUT2D eigenvalue weighted by Gasteiger charge is -2.10. The minimum Gasteiger partial charge on any atom is -0.506 e. The zero-order valence-electron chi connectivity index (χ0n) is 6.67. The van der Waals surface area contributed by atoms with Crippen LogP contribution >= 0.6 is 31.9 Å². The molecule has 3 nitrogen and oxygen atoms in total. The number of aliphatic hydroxyl groups excluding tert-OH is 1. The summed E-state index contributed by atoms with van der Waals surface area (Å²) in [5.74, 6) is 0.133. The smallest absolute Gasteiger partial charge is 0.143 e. The molecule has 0 heterocycles. The van der Waals surface area contributed by atoms with Crippen LogP contribution in [0.5, 0.6) is 5.75 Å². The third kappa shape index (κ3) is 2.43. The molecule has 1 aromatic rings. The summed E-state index contributed by atoms with van der Waals surface area (Å²) in [4.78, 5) is 0. The quantitative estimate of drug-likeness (QED) is 0.782. The molecule has 13 heavy (non-hydrogen) atoms. The third-order valence-electron chi connectivity index (χ3n) is 1.66. The van der Waals surface area contributed by atoms with Crippen LogP contribution in [0, 0.1) is 0 Å². The van der Waals surface area contributed by atoms with E-state index < -0.39 is 6.04 Å². The number of hydrogen-bond donors (Lipinski definition) is 3. The van der Waals surface area contributed by atoms with Gasteiger partial charge in [-0.05, 0) is 49.6 Å². The van der Waals surface area contributed by atoms with Crippen LogP contribution in [0.1, 0.15) is 11.6 Å². The number of aliphatic hydroxyl groups is 1. The van der Waals surface area contributed by atoms with Crippen LogP contribution in [0.3, 0.4) is 0 Å². The maximum Gasteiger partial charge on any atom is 0.143 e. The number of rotatable bonds is 2.